The number of nitrogens with zero attached hydrogens (tertiary/aromatic N) is 1. The molecule has 1 N–H and O–H groups in total. The normalized spacial score (nSPS) is 26.1. The Balaban J connectivity index is 1.95. The van der Waals surface area contributed by atoms with E-state index in [2.05, 4.69) is 0 Å². The Bertz CT molecular complexity index is 517. The largest absolute Gasteiger partial charge is 0.379 e. The number of amides is 1. The van der Waals surface area contributed by atoms with Crippen molar-refractivity contribution in [1.29, 1.82) is 0 Å². The summed E-state index contributed by atoms with van der Waals surface area (Å²) in [6.45, 7) is 4.40. The molecule has 20 heavy (non-hydrogen) atoms. The highest BCUT2D eigenvalue weighted by Gasteiger charge is 2.45. The van der Waals surface area contributed by atoms with E-state index in [0.29, 0.717) is 18.8 Å². The molecule has 1 unspecified atom stereocenters. The molecule has 2 heterocycles. The molecular weight excluding hydrogens is 258 g/mol. The Morgan fingerprint density at radius 2 is 2.15 bits per heavy atom. The third-order valence-corrected chi connectivity index (χ3v) is 3.71. The molecule has 5 heteroatoms. The van der Waals surface area contributed by atoms with Crippen LogP contribution in [0.15, 0.2) is 24.3 Å². The van der Waals surface area contributed by atoms with E-state index in [0.717, 1.165) is 12.0 Å². The van der Waals surface area contributed by atoms with Gasteiger partial charge in [-0.05, 0) is 26.3 Å². The van der Waals surface area contributed by atoms with Gasteiger partial charge in [-0.1, -0.05) is 18.2 Å². The minimum absolute atomic E-state index is 0.0381. The maximum atomic E-state index is 12.5. The molecule has 1 aromatic carbocycles. The van der Waals surface area contributed by atoms with Crippen molar-refractivity contribution in [2.75, 3.05) is 13.2 Å². The third-order valence-electron chi connectivity index (χ3n) is 3.71. The first-order valence-electron chi connectivity index (χ1n) is 6.86. The molecule has 1 saturated heterocycles. The molecule has 0 bridgehead atoms. The first-order valence-corrected chi connectivity index (χ1v) is 6.86. The van der Waals surface area contributed by atoms with Gasteiger partial charge in [0, 0.05) is 17.7 Å². The lowest BCUT2D eigenvalue weighted by Crippen LogP contribution is -2.47. The topological polar surface area (TPSA) is 59.0 Å². The lowest BCUT2D eigenvalue weighted by molar-refractivity contribution is -0.165. The van der Waals surface area contributed by atoms with Crippen LogP contribution in [0.4, 0.5) is 0 Å². The fraction of sp³-hybridized carbons (Fsp3) is 0.533. The second kappa shape index (κ2) is 4.84. The van der Waals surface area contributed by atoms with E-state index < -0.39 is 12.0 Å². The first kappa shape index (κ1) is 13.5. The van der Waals surface area contributed by atoms with Crippen LogP contribution in [0.2, 0.25) is 0 Å². The molecule has 2 aliphatic heterocycles. The van der Waals surface area contributed by atoms with Gasteiger partial charge in [-0.25, -0.2) is 0 Å². The van der Waals surface area contributed by atoms with Gasteiger partial charge in [0.25, 0.3) is 5.91 Å². The summed E-state index contributed by atoms with van der Waals surface area (Å²) in [7, 11) is 0. The quantitative estimate of drug-likeness (QED) is 0.913. The number of aliphatic hydroxyl groups is 1. The number of carbonyl (C=O) groups excluding carboxylic acids is 1. The molecule has 108 valence electrons. The van der Waals surface area contributed by atoms with Gasteiger partial charge in [0.05, 0.1) is 12.7 Å². The van der Waals surface area contributed by atoms with E-state index in [1.807, 2.05) is 18.2 Å². The summed E-state index contributed by atoms with van der Waals surface area (Å²) in [6.07, 6.45) is 0.223. The molecule has 5 nitrogen and oxygen atoms in total. The van der Waals surface area contributed by atoms with Gasteiger partial charge < -0.3 is 14.6 Å². The van der Waals surface area contributed by atoms with E-state index in [4.69, 9.17) is 9.47 Å². The molecule has 0 spiro atoms. The van der Waals surface area contributed by atoms with Gasteiger partial charge in [-0.15, -0.1) is 0 Å². The van der Waals surface area contributed by atoms with Crippen LogP contribution in [0.1, 0.15) is 42.4 Å². The Hall–Kier alpha value is -1.43. The van der Waals surface area contributed by atoms with Gasteiger partial charge in [-0.2, -0.15) is 0 Å². The molecule has 3 rings (SSSR count). The first-order chi connectivity index (χ1) is 9.48. The SMILES string of the molecule is CC(C)(O)N1C(=O)c2ccccc2C1O[C@H]1CCOC1. The minimum Gasteiger partial charge on any atom is -0.379 e. The Morgan fingerprint density at radius 1 is 1.40 bits per heavy atom. The minimum atomic E-state index is -1.28. The molecule has 0 aliphatic carbocycles. The van der Waals surface area contributed by atoms with Gasteiger partial charge in [0.1, 0.15) is 5.72 Å². The second-order valence-corrected chi connectivity index (χ2v) is 5.73. The van der Waals surface area contributed by atoms with E-state index in [9.17, 15) is 9.90 Å². The van der Waals surface area contributed by atoms with Crippen molar-refractivity contribution in [3.8, 4) is 0 Å². The monoisotopic (exact) mass is 277 g/mol. The van der Waals surface area contributed by atoms with Crippen LogP contribution < -0.4 is 0 Å². The lowest BCUT2D eigenvalue weighted by atomic mass is 10.1. The summed E-state index contributed by atoms with van der Waals surface area (Å²) in [6, 6.07) is 7.34. The molecule has 0 saturated carbocycles. The number of ether oxygens (including phenoxy) is 2. The summed E-state index contributed by atoms with van der Waals surface area (Å²) >= 11 is 0. The zero-order valence-corrected chi connectivity index (χ0v) is 11.7. The molecule has 1 fully saturated rings. The number of carbonyl (C=O) groups is 1. The van der Waals surface area contributed by atoms with Crippen molar-refractivity contribution < 1.29 is 19.4 Å². The third kappa shape index (κ3) is 2.22. The zero-order chi connectivity index (χ0) is 14.3. The predicted octanol–water partition coefficient (Wildman–Crippen LogP) is 1.67. The Morgan fingerprint density at radius 3 is 2.80 bits per heavy atom. The second-order valence-electron chi connectivity index (χ2n) is 5.73. The van der Waals surface area contributed by atoms with Crippen LogP contribution in [-0.2, 0) is 9.47 Å². The maximum Gasteiger partial charge on any atom is 0.258 e. The number of fused-ring (bicyclic) bond motifs is 1. The maximum absolute atomic E-state index is 12.5. The Labute approximate surface area is 118 Å². The lowest BCUT2D eigenvalue weighted by Gasteiger charge is -2.36. The van der Waals surface area contributed by atoms with Crippen LogP contribution in [0.5, 0.6) is 0 Å². The summed E-state index contributed by atoms with van der Waals surface area (Å²) in [5.74, 6) is -0.197. The highest BCUT2D eigenvalue weighted by Crippen LogP contribution is 2.39. The van der Waals surface area contributed by atoms with Crippen molar-refractivity contribution in [2.45, 2.75) is 38.3 Å². The number of hydrogen-bond acceptors (Lipinski definition) is 4. The standard InChI is InChI=1S/C15H19NO4/c1-15(2,18)16-13(17)11-5-3-4-6-12(11)14(16)20-10-7-8-19-9-10/h3-6,10,14,18H,7-9H2,1-2H3/t10-,14?/m0/s1. The molecule has 2 atom stereocenters. The highest BCUT2D eigenvalue weighted by atomic mass is 16.6. The van der Waals surface area contributed by atoms with Crippen molar-refractivity contribution in [1.82, 2.24) is 4.90 Å². The molecule has 1 aromatic rings. The van der Waals surface area contributed by atoms with Crippen LogP contribution >= 0.6 is 0 Å². The highest BCUT2D eigenvalue weighted by molar-refractivity contribution is 5.99. The molecule has 0 aromatic heterocycles. The summed E-state index contributed by atoms with van der Waals surface area (Å²) in [5.41, 5.74) is 0.130. The number of rotatable bonds is 3. The predicted molar refractivity (Wildman–Crippen MR) is 72.0 cm³/mol. The molecule has 0 radical (unpaired) electrons. The van der Waals surface area contributed by atoms with Gasteiger partial charge in [0.2, 0.25) is 0 Å². The van der Waals surface area contributed by atoms with Crippen LogP contribution in [0, 0.1) is 0 Å². The average molecular weight is 277 g/mol. The van der Waals surface area contributed by atoms with Gasteiger partial charge in [-0.3, -0.25) is 9.69 Å². The van der Waals surface area contributed by atoms with Crippen molar-refractivity contribution in [3.63, 3.8) is 0 Å². The molecule has 1 amide bonds. The van der Waals surface area contributed by atoms with Crippen LogP contribution in [0.3, 0.4) is 0 Å². The fourth-order valence-electron chi connectivity index (χ4n) is 2.75. The molecular formula is C15H19NO4. The number of hydrogen-bond donors (Lipinski definition) is 1. The van der Waals surface area contributed by atoms with Crippen LogP contribution in [-0.4, -0.2) is 41.0 Å². The molecule has 2 aliphatic rings. The Kier molecular flexibility index (Phi) is 3.28. The van der Waals surface area contributed by atoms with Gasteiger partial charge >= 0.3 is 0 Å². The average Bonchev–Trinajstić information content (AvgIpc) is 2.97. The van der Waals surface area contributed by atoms with E-state index in [-0.39, 0.29) is 12.0 Å². The van der Waals surface area contributed by atoms with Crippen molar-refractivity contribution in [3.05, 3.63) is 35.4 Å². The van der Waals surface area contributed by atoms with Gasteiger partial charge in [0.15, 0.2) is 6.23 Å². The van der Waals surface area contributed by atoms with Crippen molar-refractivity contribution >= 4 is 5.91 Å². The van der Waals surface area contributed by atoms with E-state index >= 15 is 0 Å². The summed E-state index contributed by atoms with van der Waals surface area (Å²) < 4.78 is 11.3. The van der Waals surface area contributed by atoms with Crippen molar-refractivity contribution in [2.24, 2.45) is 0 Å². The number of benzene rings is 1. The summed E-state index contributed by atoms with van der Waals surface area (Å²) in [5, 5.41) is 10.3. The smallest absolute Gasteiger partial charge is 0.258 e. The van der Waals surface area contributed by atoms with Crippen LogP contribution in [0.25, 0.3) is 0 Å². The summed E-state index contributed by atoms with van der Waals surface area (Å²) in [4.78, 5) is 13.9. The zero-order valence-electron chi connectivity index (χ0n) is 11.7. The van der Waals surface area contributed by atoms with E-state index in [1.165, 1.54) is 4.90 Å². The van der Waals surface area contributed by atoms with E-state index in [1.54, 1.807) is 19.9 Å². The fourth-order valence-corrected chi connectivity index (χ4v) is 2.75.